The molecule has 0 radical (unpaired) electrons. The predicted molar refractivity (Wildman–Crippen MR) is 61.0 cm³/mol. The first-order chi connectivity index (χ1) is 7.89. The molecule has 17 heavy (non-hydrogen) atoms. The van der Waals surface area contributed by atoms with Gasteiger partial charge in [-0.15, -0.1) is 0 Å². The van der Waals surface area contributed by atoms with Crippen molar-refractivity contribution < 1.29 is 12.8 Å². The maximum Gasteiger partial charge on any atom is 0.180 e. The Bertz CT molecular complexity index is 664. The van der Waals surface area contributed by atoms with Crippen LogP contribution in [0.1, 0.15) is 0 Å². The number of nitrogen functional groups attached to an aromatic ring is 1. The van der Waals surface area contributed by atoms with E-state index >= 15 is 0 Å². The molecule has 0 saturated carbocycles. The Hall–Kier alpha value is -1.89. The standard InChI is InChI=1S/C10H10FN3O2S/c1-17(15,16)9-6-13-14(10(9)12)8-4-2-3-7(11)5-8/h2-6H,12H2,1H3. The highest BCUT2D eigenvalue weighted by molar-refractivity contribution is 7.90. The van der Waals surface area contributed by atoms with Crippen molar-refractivity contribution in [1.29, 1.82) is 0 Å². The van der Waals surface area contributed by atoms with Gasteiger partial charge in [-0.1, -0.05) is 6.07 Å². The maximum atomic E-state index is 13.0. The lowest BCUT2D eigenvalue weighted by atomic mass is 10.3. The Balaban J connectivity index is 2.60. The van der Waals surface area contributed by atoms with E-state index in [0.717, 1.165) is 12.5 Å². The zero-order valence-electron chi connectivity index (χ0n) is 8.96. The topological polar surface area (TPSA) is 78.0 Å². The minimum absolute atomic E-state index is 0.0295. The van der Waals surface area contributed by atoms with Crippen LogP contribution < -0.4 is 5.73 Å². The van der Waals surface area contributed by atoms with Gasteiger partial charge in [0.15, 0.2) is 9.84 Å². The van der Waals surface area contributed by atoms with E-state index in [0.29, 0.717) is 5.69 Å². The first kappa shape index (κ1) is 11.6. The van der Waals surface area contributed by atoms with Crippen LogP contribution in [-0.4, -0.2) is 24.5 Å². The molecule has 0 bridgehead atoms. The number of anilines is 1. The van der Waals surface area contributed by atoms with Gasteiger partial charge in [0.2, 0.25) is 0 Å². The fourth-order valence-electron chi connectivity index (χ4n) is 1.44. The number of nitrogens with zero attached hydrogens (tertiary/aromatic N) is 2. The van der Waals surface area contributed by atoms with Crippen LogP contribution in [0.3, 0.4) is 0 Å². The zero-order chi connectivity index (χ0) is 12.6. The van der Waals surface area contributed by atoms with Gasteiger partial charge >= 0.3 is 0 Å². The third kappa shape index (κ3) is 2.14. The molecule has 0 aliphatic carbocycles. The highest BCUT2D eigenvalue weighted by Crippen LogP contribution is 2.21. The Morgan fingerprint density at radius 2 is 2.12 bits per heavy atom. The molecular formula is C10H10FN3O2S. The van der Waals surface area contributed by atoms with Crippen molar-refractivity contribution in [3.05, 3.63) is 36.3 Å². The Kier molecular flexibility index (Phi) is 2.62. The number of hydrogen-bond acceptors (Lipinski definition) is 4. The molecule has 0 aliphatic heterocycles. The molecule has 7 heteroatoms. The van der Waals surface area contributed by atoms with Crippen molar-refractivity contribution in [2.75, 3.05) is 12.0 Å². The van der Waals surface area contributed by atoms with Crippen molar-refractivity contribution >= 4 is 15.7 Å². The van der Waals surface area contributed by atoms with Gasteiger partial charge in [-0.2, -0.15) is 5.10 Å². The summed E-state index contributed by atoms with van der Waals surface area (Å²) in [4.78, 5) is -0.0678. The highest BCUT2D eigenvalue weighted by atomic mass is 32.2. The number of halogens is 1. The molecule has 0 fully saturated rings. The van der Waals surface area contributed by atoms with Crippen molar-refractivity contribution in [3.8, 4) is 5.69 Å². The monoisotopic (exact) mass is 255 g/mol. The second-order valence-corrected chi connectivity index (χ2v) is 5.54. The largest absolute Gasteiger partial charge is 0.382 e. The summed E-state index contributed by atoms with van der Waals surface area (Å²) in [6.45, 7) is 0. The van der Waals surface area contributed by atoms with Gasteiger partial charge in [0.05, 0.1) is 11.9 Å². The third-order valence-corrected chi connectivity index (χ3v) is 3.34. The summed E-state index contributed by atoms with van der Waals surface area (Å²) in [6, 6.07) is 5.57. The van der Waals surface area contributed by atoms with Gasteiger partial charge < -0.3 is 5.73 Å². The number of hydrogen-bond donors (Lipinski definition) is 1. The van der Waals surface area contributed by atoms with Crippen LogP contribution >= 0.6 is 0 Å². The predicted octanol–water partition coefficient (Wildman–Crippen LogP) is 0.997. The van der Waals surface area contributed by atoms with Crippen LogP contribution in [0.4, 0.5) is 10.2 Å². The summed E-state index contributed by atoms with van der Waals surface area (Å²) in [5, 5.41) is 3.84. The molecule has 5 nitrogen and oxygen atoms in total. The molecule has 1 heterocycles. The van der Waals surface area contributed by atoms with Gasteiger partial charge in [-0.05, 0) is 18.2 Å². The normalized spacial score (nSPS) is 11.6. The number of rotatable bonds is 2. The highest BCUT2D eigenvalue weighted by Gasteiger charge is 2.17. The van der Waals surface area contributed by atoms with Crippen LogP contribution in [0, 0.1) is 5.82 Å². The molecule has 1 aromatic heterocycles. The van der Waals surface area contributed by atoms with Crippen LogP contribution in [0.2, 0.25) is 0 Å². The number of nitrogens with two attached hydrogens (primary N) is 1. The molecule has 2 rings (SSSR count). The first-order valence-electron chi connectivity index (χ1n) is 4.69. The molecule has 0 saturated heterocycles. The molecule has 0 atom stereocenters. The quantitative estimate of drug-likeness (QED) is 0.868. The lowest BCUT2D eigenvalue weighted by Gasteiger charge is -2.04. The second-order valence-electron chi connectivity index (χ2n) is 3.56. The van der Waals surface area contributed by atoms with E-state index in [1.807, 2.05) is 0 Å². The van der Waals surface area contributed by atoms with Crippen molar-refractivity contribution in [3.63, 3.8) is 0 Å². The van der Waals surface area contributed by atoms with Gasteiger partial charge in [0.1, 0.15) is 16.5 Å². The first-order valence-corrected chi connectivity index (χ1v) is 6.58. The molecule has 0 spiro atoms. The van der Waals surface area contributed by atoms with Gasteiger partial charge in [-0.3, -0.25) is 0 Å². The molecule has 0 unspecified atom stereocenters. The average molecular weight is 255 g/mol. The van der Waals surface area contributed by atoms with Crippen LogP contribution in [-0.2, 0) is 9.84 Å². The van der Waals surface area contributed by atoms with E-state index in [1.54, 1.807) is 6.07 Å². The Morgan fingerprint density at radius 3 is 2.65 bits per heavy atom. The number of sulfone groups is 1. The SMILES string of the molecule is CS(=O)(=O)c1cnn(-c2cccc(F)c2)c1N. The van der Waals surface area contributed by atoms with Crippen LogP contribution in [0.25, 0.3) is 5.69 Å². The molecule has 0 aliphatic rings. The lowest BCUT2D eigenvalue weighted by Crippen LogP contribution is -2.05. The molecule has 0 amide bonds. The van der Waals surface area contributed by atoms with Crippen molar-refractivity contribution in [2.45, 2.75) is 4.90 Å². The van der Waals surface area contributed by atoms with E-state index in [1.165, 1.54) is 22.9 Å². The molecule has 2 aromatic rings. The van der Waals surface area contributed by atoms with Gasteiger partial charge in [0, 0.05) is 6.26 Å². The Labute approximate surface area is 97.6 Å². The average Bonchev–Trinajstić information content (AvgIpc) is 2.59. The fourth-order valence-corrected chi connectivity index (χ4v) is 2.15. The second kappa shape index (κ2) is 3.85. The zero-order valence-corrected chi connectivity index (χ0v) is 9.78. The summed E-state index contributed by atoms with van der Waals surface area (Å²) in [6.07, 6.45) is 2.19. The summed E-state index contributed by atoms with van der Waals surface area (Å²) in [5.41, 5.74) is 6.04. The molecule has 1 aromatic carbocycles. The van der Waals surface area contributed by atoms with Crippen molar-refractivity contribution in [1.82, 2.24) is 9.78 Å². The van der Waals surface area contributed by atoms with E-state index in [4.69, 9.17) is 5.73 Å². The summed E-state index contributed by atoms with van der Waals surface area (Å²) < 4.78 is 36.9. The third-order valence-electron chi connectivity index (χ3n) is 2.22. The summed E-state index contributed by atoms with van der Waals surface area (Å²) in [7, 11) is -3.43. The van der Waals surface area contributed by atoms with Gasteiger partial charge in [-0.25, -0.2) is 17.5 Å². The van der Waals surface area contributed by atoms with E-state index in [2.05, 4.69) is 5.10 Å². The lowest BCUT2D eigenvalue weighted by molar-refractivity contribution is 0.602. The molecule has 2 N–H and O–H groups in total. The number of aromatic nitrogens is 2. The minimum atomic E-state index is -3.43. The summed E-state index contributed by atoms with van der Waals surface area (Å²) >= 11 is 0. The van der Waals surface area contributed by atoms with Crippen LogP contribution in [0.15, 0.2) is 35.4 Å². The fraction of sp³-hybridized carbons (Fsp3) is 0.100. The molecule has 90 valence electrons. The minimum Gasteiger partial charge on any atom is -0.382 e. The van der Waals surface area contributed by atoms with E-state index in [-0.39, 0.29) is 10.7 Å². The molecular weight excluding hydrogens is 245 g/mol. The van der Waals surface area contributed by atoms with Gasteiger partial charge in [0.25, 0.3) is 0 Å². The summed E-state index contributed by atoms with van der Waals surface area (Å²) in [5.74, 6) is -0.476. The van der Waals surface area contributed by atoms with E-state index in [9.17, 15) is 12.8 Å². The maximum absolute atomic E-state index is 13.0. The van der Waals surface area contributed by atoms with E-state index < -0.39 is 15.7 Å². The Morgan fingerprint density at radius 1 is 1.41 bits per heavy atom. The number of benzene rings is 1. The smallest absolute Gasteiger partial charge is 0.180 e. The van der Waals surface area contributed by atoms with Crippen molar-refractivity contribution in [2.24, 2.45) is 0 Å². The van der Waals surface area contributed by atoms with Crippen LogP contribution in [0.5, 0.6) is 0 Å².